The van der Waals surface area contributed by atoms with E-state index in [2.05, 4.69) is 15.3 Å². The second-order valence-corrected chi connectivity index (χ2v) is 4.84. The quantitative estimate of drug-likeness (QED) is 0.421. The van der Waals surface area contributed by atoms with Gasteiger partial charge in [-0.05, 0) is 6.42 Å². The zero-order chi connectivity index (χ0) is 14.9. The van der Waals surface area contributed by atoms with Crippen LogP contribution in [0.25, 0.3) is 0 Å². The Morgan fingerprint density at radius 3 is 2.85 bits per heavy atom. The summed E-state index contributed by atoms with van der Waals surface area (Å²) >= 11 is 5.61. The van der Waals surface area contributed by atoms with Crippen LogP contribution in [-0.4, -0.2) is 50.0 Å². The zero-order valence-corrected chi connectivity index (χ0v) is 10.9. The standard InChI is InChI=1S/C10H12ClFN4O4/c11-9-7(16(19)20)10(14-3-13-9)15-5-1-4(2-17)8(18)6(5)12/h3-6,8,17-18H,1-2H2,(H,13,14,15)/t4-,5-,6+,8-/m1/s1. The Morgan fingerprint density at radius 1 is 1.60 bits per heavy atom. The third kappa shape index (κ3) is 2.65. The molecule has 0 bridgehead atoms. The van der Waals surface area contributed by atoms with Gasteiger partial charge in [-0.3, -0.25) is 10.1 Å². The topological polar surface area (TPSA) is 121 Å². The van der Waals surface area contributed by atoms with E-state index >= 15 is 0 Å². The number of nitro groups is 1. The SMILES string of the molecule is O=[N+]([O-])c1c(Cl)ncnc1N[C@@H]1C[C@H](CO)[C@@H](O)[C@H]1F. The van der Waals surface area contributed by atoms with E-state index < -0.39 is 34.8 Å². The molecule has 1 fully saturated rings. The highest BCUT2D eigenvalue weighted by Gasteiger charge is 2.43. The summed E-state index contributed by atoms with van der Waals surface area (Å²) in [4.78, 5) is 17.3. The van der Waals surface area contributed by atoms with E-state index in [1.807, 2.05) is 0 Å². The van der Waals surface area contributed by atoms with Gasteiger partial charge in [0.05, 0.1) is 17.1 Å². The van der Waals surface area contributed by atoms with E-state index in [4.69, 9.17) is 16.7 Å². The predicted molar refractivity (Wildman–Crippen MR) is 67.2 cm³/mol. The van der Waals surface area contributed by atoms with Gasteiger partial charge in [0.2, 0.25) is 11.0 Å². The molecule has 0 aliphatic heterocycles. The highest BCUT2D eigenvalue weighted by atomic mass is 35.5. The lowest BCUT2D eigenvalue weighted by atomic mass is 10.1. The van der Waals surface area contributed by atoms with E-state index in [9.17, 15) is 19.6 Å². The fourth-order valence-corrected chi connectivity index (χ4v) is 2.42. The summed E-state index contributed by atoms with van der Waals surface area (Å²) in [5.41, 5.74) is -0.552. The Kier molecular flexibility index (Phi) is 4.31. The van der Waals surface area contributed by atoms with Crippen LogP contribution < -0.4 is 5.32 Å². The summed E-state index contributed by atoms with van der Waals surface area (Å²) in [7, 11) is 0. The van der Waals surface area contributed by atoms with E-state index in [1.54, 1.807) is 0 Å². The monoisotopic (exact) mass is 306 g/mol. The fraction of sp³-hybridized carbons (Fsp3) is 0.600. The number of anilines is 1. The summed E-state index contributed by atoms with van der Waals surface area (Å²) < 4.78 is 13.9. The van der Waals surface area contributed by atoms with Gasteiger partial charge in [-0.25, -0.2) is 14.4 Å². The molecule has 110 valence electrons. The van der Waals surface area contributed by atoms with Crippen molar-refractivity contribution in [1.82, 2.24) is 9.97 Å². The van der Waals surface area contributed by atoms with Crippen LogP contribution in [0.4, 0.5) is 15.9 Å². The van der Waals surface area contributed by atoms with Crippen LogP contribution in [0, 0.1) is 16.0 Å². The molecule has 0 aromatic carbocycles. The average Bonchev–Trinajstić information content (AvgIpc) is 2.66. The maximum atomic E-state index is 13.9. The molecule has 0 amide bonds. The number of nitrogens with zero attached hydrogens (tertiary/aromatic N) is 3. The molecule has 1 heterocycles. The zero-order valence-electron chi connectivity index (χ0n) is 10.1. The molecule has 1 aromatic heterocycles. The van der Waals surface area contributed by atoms with Crippen molar-refractivity contribution in [3.05, 3.63) is 21.6 Å². The summed E-state index contributed by atoms with van der Waals surface area (Å²) in [6.45, 7) is -0.369. The van der Waals surface area contributed by atoms with Crippen molar-refractivity contribution in [3.63, 3.8) is 0 Å². The first kappa shape index (κ1) is 14.8. The third-order valence-electron chi connectivity index (χ3n) is 3.27. The van der Waals surface area contributed by atoms with Gasteiger partial charge in [-0.15, -0.1) is 0 Å². The minimum atomic E-state index is -1.67. The van der Waals surface area contributed by atoms with E-state index in [0.29, 0.717) is 0 Å². The minimum Gasteiger partial charge on any atom is -0.396 e. The molecule has 8 nitrogen and oxygen atoms in total. The number of alkyl halides is 1. The Bertz CT molecular complexity index is 520. The molecule has 3 N–H and O–H groups in total. The average molecular weight is 307 g/mol. The van der Waals surface area contributed by atoms with Gasteiger partial charge in [0.15, 0.2) is 0 Å². The number of nitrogens with one attached hydrogen (secondary N) is 1. The molecule has 1 aliphatic carbocycles. The number of aliphatic hydroxyl groups excluding tert-OH is 2. The van der Waals surface area contributed by atoms with Gasteiger partial charge < -0.3 is 15.5 Å². The van der Waals surface area contributed by atoms with Gasteiger partial charge in [-0.2, -0.15) is 0 Å². The first-order valence-corrected chi connectivity index (χ1v) is 6.18. The van der Waals surface area contributed by atoms with Crippen LogP contribution in [0.2, 0.25) is 5.15 Å². The van der Waals surface area contributed by atoms with Crippen LogP contribution in [0.3, 0.4) is 0 Å². The van der Waals surface area contributed by atoms with Gasteiger partial charge in [-0.1, -0.05) is 11.6 Å². The van der Waals surface area contributed by atoms with E-state index in [-0.39, 0.29) is 24.0 Å². The maximum absolute atomic E-state index is 13.9. The fourth-order valence-electron chi connectivity index (χ4n) is 2.21. The Hall–Kier alpha value is -1.58. The molecule has 0 spiro atoms. The van der Waals surface area contributed by atoms with Crippen LogP contribution >= 0.6 is 11.6 Å². The molecule has 0 saturated heterocycles. The van der Waals surface area contributed by atoms with Crippen LogP contribution in [0.1, 0.15) is 6.42 Å². The number of aromatic nitrogens is 2. The molecule has 10 heteroatoms. The lowest BCUT2D eigenvalue weighted by Crippen LogP contribution is -2.32. The van der Waals surface area contributed by atoms with E-state index in [0.717, 1.165) is 6.33 Å². The smallest absolute Gasteiger partial charge is 0.348 e. The van der Waals surface area contributed by atoms with Crippen LogP contribution in [0.5, 0.6) is 0 Å². The Labute approximate surface area is 117 Å². The molecule has 0 unspecified atom stereocenters. The molecular weight excluding hydrogens is 295 g/mol. The van der Waals surface area contributed by atoms with Crippen molar-refractivity contribution in [2.24, 2.45) is 5.92 Å². The summed E-state index contributed by atoms with van der Waals surface area (Å²) in [5.74, 6) is -0.840. The first-order chi connectivity index (χ1) is 9.45. The summed E-state index contributed by atoms with van der Waals surface area (Å²) in [6.07, 6.45) is -1.86. The Morgan fingerprint density at radius 2 is 2.30 bits per heavy atom. The molecule has 1 aliphatic rings. The van der Waals surface area contributed by atoms with Crippen molar-refractivity contribution in [2.45, 2.75) is 24.7 Å². The number of hydrogen-bond donors (Lipinski definition) is 3. The number of halogens is 2. The first-order valence-electron chi connectivity index (χ1n) is 5.80. The molecule has 4 atom stereocenters. The summed E-state index contributed by atoms with van der Waals surface area (Å²) in [5, 5.41) is 31.7. The molecule has 0 radical (unpaired) electrons. The van der Waals surface area contributed by atoms with Gasteiger partial charge in [0.1, 0.15) is 12.5 Å². The van der Waals surface area contributed by atoms with Crippen LogP contribution in [-0.2, 0) is 0 Å². The summed E-state index contributed by atoms with van der Waals surface area (Å²) in [6, 6.07) is -0.896. The number of rotatable bonds is 4. The molecule has 20 heavy (non-hydrogen) atoms. The largest absolute Gasteiger partial charge is 0.396 e. The normalized spacial score (nSPS) is 29.4. The Balaban J connectivity index is 2.23. The number of hydrogen-bond acceptors (Lipinski definition) is 7. The molecular formula is C10H12ClFN4O4. The van der Waals surface area contributed by atoms with Gasteiger partial charge in [0.25, 0.3) is 0 Å². The third-order valence-corrected chi connectivity index (χ3v) is 3.54. The lowest BCUT2D eigenvalue weighted by molar-refractivity contribution is -0.384. The van der Waals surface area contributed by atoms with Gasteiger partial charge in [0, 0.05) is 12.5 Å². The van der Waals surface area contributed by atoms with Crippen LogP contribution in [0.15, 0.2) is 6.33 Å². The second kappa shape index (κ2) is 5.81. The molecule has 1 saturated carbocycles. The minimum absolute atomic E-state index is 0.123. The van der Waals surface area contributed by atoms with E-state index in [1.165, 1.54) is 0 Å². The second-order valence-electron chi connectivity index (χ2n) is 4.48. The van der Waals surface area contributed by atoms with Crippen molar-refractivity contribution in [3.8, 4) is 0 Å². The van der Waals surface area contributed by atoms with Gasteiger partial charge >= 0.3 is 5.69 Å². The molecule has 2 rings (SSSR count). The lowest BCUT2D eigenvalue weighted by Gasteiger charge is -2.16. The highest BCUT2D eigenvalue weighted by molar-refractivity contribution is 6.31. The predicted octanol–water partition coefficient (Wildman–Crippen LogP) is 0.530. The van der Waals surface area contributed by atoms with Crippen molar-refractivity contribution in [1.29, 1.82) is 0 Å². The number of aliphatic hydroxyl groups is 2. The van der Waals surface area contributed by atoms with Crippen molar-refractivity contribution < 1.29 is 19.5 Å². The van der Waals surface area contributed by atoms with Crippen molar-refractivity contribution >= 4 is 23.1 Å². The van der Waals surface area contributed by atoms with Crippen molar-refractivity contribution in [2.75, 3.05) is 11.9 Å². The molecule has 1 aromatic rings. The highest BCUT2D eigenvalue weighted by Crippen LogP contribution is 2.34. The maximum Gasteiger partial charge on any atom is 0.348 e.